The Labute approximate surface area is 135 Å². The molecule has 1 amide bonds. The molecule has 6 heteroatoms. The standard InChI is InChI=1S/C16H13FN2OS2/c1-10-6-12(17)2-3-14(10)19-15(20)7-13-9-22-16(18-13)11-4-5-21-8-11/h2-6,8-9H,7H2,1H3,(H,19,20). The molecule has 1 N–H and O–H groups in total. The van der Waals surface area contributed by atoms with Crippen molar-refractivity contribution in [1.82, 2.24) is 4.98 Å². The highest BCUT2D eigenvalue weighted by molar-refractivity contribution is 7.14. The monoisotopic (exact) mass is 332 g/mol. The van der Waals surface area contributed by atoms with E-state index in [1.807, 2.05) is 22.2 Å². The largest absolute Gasteiger partial charge is 0.326 e. The average molecular weight is 332 g/mol. The predicted molar refractivity (Wildman–Crippen MR) is 88.9 cm³/mol. The van der Waals surface area contributed by atoms with Crippen LogP contribution in [0, 0.1) is 12.7 Å². The third kappa shape index (κ3) is 3.40. The number of hydrogen-bond acceptors (Lipinski definition) is 4. The molecule has 0 aliphatic heterocycles. The highest BCUT2D eigenvalue weighted by atomic mass is 32.1. The number of aryl methyl sites for hydroxylation is 1. The summed E-state index contributed by atoms with van der Waals surface area (Å²) in [5.74, 6) is -0.465. The molecule has 3 rings (SSSR count). The fraction of sp³-hybridized carbons (Fsp3) is 0.125. The molecule has 0 unspecified atom stereocenters. The van der Waals surface area contributed by atoms with Gasteiger partial charge in [-0.2, -0.15) is 11.3 Å². The van der Waals surface area contributed by atoms with Gasteiger partial charge >= 0.3 is 0 Å². The number of thiazole rings is 1. The van der Waals surface area contributed by atoms with E-state index < -0.39 is 0 Å². The number of nitrogens with one attached hydrogen (secondary N) is 1. The first-order chi connectivity index (χ1) is 10.6. The van der Waals surface area contributed by atoms with Crippen molar-refractivity contribution in [2.24, 2.45) is 0 Å². The van der Waals surface area contributed by atoms with Crippen molar-refractivity contribution in [1.29, 1.82) is 0 Å². The van der Waals surface area contributed by atoms with Crippen LogP contribution in [0.25, 0.3) is 10.6 Å². The van der Waals surface area contributed by atoms with E-state index >= 15 is 0 Å². The zero-order valence-corrected chi connectivity index (χ0v) is 13.4. The van der Waals surface area contributed by atoms with Crippen LogP contribution in [-0.4, -0.2) is 10.9 Å². The van der Waals surface area contributed by atoms with Crippen LogP contribution < -0.4 is 5.32 Å². The minimum Gasteiger partial charge on any atom is -0.326 e. The Morgan fingerprint density at radius 1 is 1.32 bits per heavy atom. The summed E-state index contributed by atoms with van der Waals surface area (Å²) in [5, 5.41) is 9.64. The first kappa shape index (κ1) is 14.9. The van der Waals surface area contributed by atoms with Gasteiger partial charge in [0.15, 0.2) is 0 Å². The Balaban J connectivity index is 1.67. The maximum absolute atomic E-state index is 13.0. The number of thiophene rings is 1. The van der Waals surface area contributed by atoms with Gasteiger partial charge in [0.05, 0.1) is 12.1 Å². The van der Waals surface area contributed by atoms with Gasteiger partial charge < -0.3 is 5.32 Å². The van der Waals surface area contributed by atoms with Crippen LogP contribution in [0.15, 0.2) is 40.4 Å². The van der Waals surface area contributed by atoms with Crippen LogP contribution >= 0.6 is 22.7 Å². The first-order valence-corrected chi connectivity index (χ1v) is 8.47. The van der Waals surface area contributed by atoms with Crippen LogP contribution in [0.3, 0.4) is 0 Å². The third-order valence-corrected chi connectivity index (χ3v) is 4.75. The van der Waals surface area contributed by atoms with E-state index in [-0.39, 0.29) is 18.1 Å². The number of halogens is 1. The fourth-order valence-corrected chi connectivity index (χ4v) is 3.57. The Bertz CT molecular complexity index is 796. The minimum atomic E-state index is -0.310. The van der Waals surface area contributed by atoms with Gasteiger partial charge in [-0.05, 0) is 42.1 Å². The zero-order valence-electron chi connectivity index (χ0n) is 11.8. The quantitative estimate of drug-likeness (QED) is 0.764. The van der Waals surface area contributed by atoms with Crippen molar-refractivity contribution in [2.45, 2.75) is 13.3 Å². The molecule has 3 aromatic rings. The summed E-state index contributed by atoms with van der Waals surface area (Å²) in [6.07, 6.45) is 0.206. The number of benzene rings is 1. The average Bonchev–Trinajstić information content (AvgIpc) is 3.12. The van der Waals surface area contributed by atoms with E-state index in [0.717, 1.165) is 16.3 Å². The lowest BCUT2D eigenvalue weighted by molar-refractivity contribution is -0.115. The molecule has 0 fully saturated rings. The van der Waals surface area contributed by atoms with Crippen LogP contribution in [0.4, 0.5) is 10.1 Å². The Kier molecular flexibility index (Phi) is 4.31. The molecule has 0 bridgehead atoms. The molecule has 112 valence electrons. The van der Waals surface area contributed by atoms with Gasteiger partial charge in [0.2, 0.25) is 5.91 Å². The lowest BCUT2D eigenvalue weighted by atomic mass is 10.2. The third-order valence-electron chi connectivity index (χ3n) is 3.12. The Morgan fingerprint density at radius 2 is 2.18 bits per heavy atom. The van der Waals surface area contributed by atoms with Crippen molar-refractivity contribution in [2.75, 3.05) is 5.32 Å². The zero-order chi connectivity index (χ0) is 15.5. The summed E-state index contributed by atoms with van der Waals surface area (Å²) in [5.41, 5.74) is 3.14. The summed E-state index contributed by atoms with van der Waals surface area (Å²) < 4.78 is 13.0. The van der Waals surface area contributed by atoms with Crippen LogP contribution in [0.5, 0.6) is 0 Å². The molecule has 2 heterocycles. The predicted octanol–water partition coefficient (Wildman–Crippen LogP) is 4.50. The summed E-state index contributed by atoms with van der Waals surface area (Å²) >= 11 is 3.15. The second-order valence-corrected chi connectivity index (χ2v) is 6.48. The maximum atomic E-state index is 13.0. The minimum absolute atomic E-state index is 0.156. The van der Waals surface area contributed by atoms with Gasteiger partial charge in [-0.3, -0.25) is 4.79 Å². The number of anilines is 1. The number of carbonyl (C=O) groups excluding carboxylic acids is 1. The van der Waals surface area contributed by atoms with Crippen molar-refractivity contribution in [3.05, 3.63) is 57.5 Å². The molecule has 1 aromatic carbocycles. The molecule has 2 aromatic heterocycles. The second kappa shape index (κ2) is 6.37. The van der Waals surface area contributed by atoms with E-state index in [4.69, 9.17) is 0 Å². The summed E-state index contributed by atoms with van der Waals surface area (Å²) in [4.78, 5) is 16.6. The van der Waals surface area contributed by atoms with Gasteiger partial charge in [-0.25, -0.2) is 9.37 Å². The summed E-state index contributed by atoms with van der Waals surface area (Å²) in [6, 6.07) is 6.31. The lowest BCUT2D eigenvalue weighted by Crippen LogP contribution is -2.15. The van der Waals surface area contributed by atoms with Crippen molar-refractivity contribution < 1.29 is 9.18 Å². The van der Waals surface area contributed by atoms with Crippen molar-refractivity contribution in [3.63, 3.8) is 0 Å². The Morgan fingerprint density at radius 3 is 2.91 bits per heavy atom. The van der Waals surface area contributed by atoms with Gasteiger partial charge in [0.25, 0.3) is 0 Å². The van der Waals surface area contributed by atoms with Crippen molar-refractivity contribution in [3.8, 4) is 10.6 Å². The molecule has 0 saturated heterocycles. The molecule has 0 radical (unpaired) electrons. The molecule has 0 spiro atoms. The summed E-state index contributed by atoms with van der Waals surface area (Å²) in [7, 11) is 0. The van der Waals surface area contributed by atoms with Crippen LogP contribution in [0.2, 0.25) is 0 Å². The van der Waals surface area contributed by atoms with E-state index in [2.05, 4.69) is 10.3 Å². The van der Waals surface area contributed by atoms with Crippen LogP contribution in [0.1, 0.15) is 11.3 Å². The number of aromatic nitrogens is 1. The molecule has 0 aliphatic carbocycles. The number of amides is 1. The molecular formula is C16H13FN2OS2. The smallest absolute Gasteiger partial charge is 0.230 e. The van der Waals surface area contributed by atoms with Gasteiger partial charge in [-0.1, -0.05) is 0 Å². The molecule has 0 saturated carbocycles. The lowest BCUT2D eigenvalue weighted by Gasteiger charge is -2.07. The van der Waals surface area contributed by atoms with E-state index in [0.29, 0.717) is 11.3 Å². The van der Waals surface area contributed by atoms with Gasteiger partial charge in [0, 0.05) is 22.0 Å². The topological polar surface area (TPSA) is 42.0 Å². The van der Waals surface area contributed by atoms with E-state index in [9.17, 15) is 9.18 Å². The highest BCUT2D eigenvalue weighted by Gasteiger charge is 2.10. The van der Waals surface area contributed by atoms with Crippen molar-refractivity contribution >= 4 is 34.3 Å². The van der Waals surface area contributed by atoms with Crippen LogP contribution in [-0.2, 0) is 11.2 Å². The second-order valence-electron chi connectivity index (χ2n) is 4.84. The normalized spacial score (nSPS) is 10.6. The number of carbonyl (C=O) groups is 1. The molecule has 0 aliphatic rings. The number of nitrogens with zero attached hydrogens (tertiary/aromatic N) is 1. The van der Waals surface area contributed by atoms with Gasteiger partial charge in [-0.15, -0.1) is 11.3 Å². The summed E-state index contributed by atoms with van der Waals surface area (Å²) in [6.45, 7) is 1.76. The first-order valence-electron chi connectivity index (χ1n) is 6.65. The molecular weight excluding hydrogens is 319 g/mol. The van der Waals surface area contributed by atoms with Gasteiger partial charge in [0.1, 0.15) is 10.8 Å². The SMILES string of the molecule is Cc1cc(F)ccc1NC(=O)Cc1csc(-c2ccsc2)n1. The molecule has 22 heavy (non-hydrogen) atoms. The van der Waals surface area contributed by atoms with E-state index in [1.165, 1.54) is 23.5 Å². The molecule has 0 atom stereocenters. The Hall–Kier alpha value is -2.05. The number of rotatable bonds is 4. The number of hydrogen-bond donors (Lipinski definition) is 1. The fourth-order valence-electron chi connectivity index (χ4n) is 2.03. The molecule has 3 nitrogen and oxygen atoms in total. The highest BCUT2D eigenvalue weighted by Crippen LogP contribution is 2.26. The van der Waals surface area contributed by atoms with E-state index in [1.54, 1.807) is 24.3 Å². The maximum Gasteiger partial charge on any atom is 0.230 e.